The first-order valence-corrected chi connectivity index (χ1v) is 5.68. The van der Waals surface area contributed by atoms with Gasteiger partial charge in [-0.3, -0.25) is 9.59 Å². The molecule has 1 aromatic carbocycles. The average molecular weight is 255 g/mol. The summed E-state index contributed by atoms with van der Waals surface area (Å²) in [4.78, 5) is 23.8. The van der Waals surface area contributed by atoms with Crippen LogP contribution in [0.2, 0.25) is 5.02 Å². The molecule has 1 N–H and O–H groups in total. The minimum Gasteiger partial charge on any atom is -0.365 e. The molecule has 0 spiro atoms. The first-order valence-electron chi connectivity index (χ1n) is 5.31. The lowest BCUT2D eigenvalue weighted by Gasteiger charge is -2.19. The fraction of sp³-hybridized carbons (Fsp3) is 0.333. The molecule has 0 aromatic heterocycles. The van der Waals surface area contributed by atoms with Gasteiger partial charge in [0.1, 0.15) is 0 Å². The van der Waals surface area contributed by atoms with Crippen LogP contribution >= 0.6 is 11.6 Å². The van der Waals surface area contributed by atoms with Crippen molar-refractivity contribution in [3.63, 3.8) is 0 Å². The summed E-state index contributed by atoms with van der Waals surface area (Å²) < 4.78 is 0. The number of hydrogen-bond donors (Lipinski definition) is 1. The number of hydrogen-bond acceptors (Lipinski definition) is 3. The molecular weight excluding hydrogens is 240 g/mol. The Morgan fingerprint density at radius 3 is 2.76 bits per heavy atom. The number of carbonyl (C=O) groups is 2. The lowest BCUT2D eigenvalue weighted by atomic mass is 10.2. The first kappa shape index (κ1) is 13.5. The van der Waals surface area contributed by atoms with Crippen molar-refractivity contribution < 1.29 is 9.59 Å². The second-order valence-corrected chi connectivity index (χ2v) is 4.04. The van der Waals surface area contributed by atoms with E-state index in [1.54, 1.807) is 30.1 Å². The van der Waals surface area contributed by atoms with Crippen molar-refractivity contribution in [2.24, 2.45) is 0 Å². The molecule has 5 heteroatoms. The Balaban J connectivity index is 2.75. The highest BCUT2D eigenvalue weighted by molar-refractivity contribution is 6.33. The highest BCUT2D eigenvalue weighted by Gasteiger charge is 2.08. The summed E-state index contributed by atoms with van der Waals surface area (Å²) in [6, 6.07) is 5.07. The van der Waals surface area contributed by atoms with E-state index < -0.39 is 0 Å². The predicted molar refractivity (Wildman–Crippen MR) is 68.8 cm³/mol. The summed E-state index contributed by atoms with van der Waals surface area (Å²) in [6.45, 7) is 2.73. The van der Waals surface area contributed by atoms with Crippen molar-refractivity contribution in [2.75, 3.05) is 25.0 Å². The second-order valence-electron chi connectivity index (χ2n) is 3.63. The summed E-state index contributed by atoms with van der Waals surface area (Å²) in [5.41, 5.74) is 1.24. The molecule has 0 radical (unpaired) electrons. The minimum atomic E-state index is -0.0504. The number of nitrogens with zero attached hydrogens (tertiary/aromatic N) is 1. The van der Waals surface area contributed by atoms with Gasteiger partial charge in [-0.15, -0.1) is 0 Å². The third kappa shape index (κ3) is 3.75. The van der Waals surface area contributed by atoms with E-state index in [1.165, 1.54) is 0 Å². The number of benzene rings is 1. The van der Waals surface area contributed by atoms with Crippen LogP contribution in [0.25, 0.3) is 0 Å². The quantitative estimate of drug-likeness (QED) is 0.814. The Morgan fingerprint density at radius 1 is 1.53 bits per heavy atom. The molecule has 4 nitrogen and oxygen atoms in total. The normalized spacial score (nSPS) is 9.82. The molecule has 0 heterocycles. The van der Waals surface area contributed by atoms with E-state index in [-0.39, 0.29) is 12.5 Å². The van der Waals surface area contributed by atoms with Crippen LogP contribution in [0.1, 0.15) is 17.3 Å². The third-order valence-corrected chi connectivity index (χ3v) is 2.63. The molecular formula is C12H15ClN2O2. The van der Waals surface area contributed by atoms with Crippen LogP contribution in [0.5, 0.6) is 0 Å². The van der Waals surface area contributed by atoms with E-state index in [4.69, 9.17) is 11.6 Å². The number of carbonyl (C=O) groups excluding carboxylic acids is 2. The van der Waals surface area contributed by atoms with Crippen LogP contribution in [0.3, 0.4) is 0 Å². The highest BCUT2D eigenvalue weighted by Crippen LogP contribution is 2.21. The fourth-order valence-electron chi connectivity index (χ4n) is 1.41. The SMILES string of the molecule is CCNC(=O)CN(C)c1ccc(C=O)c(Cl)c1. The predicted octanol–water partition coefficient (Wildman–Crippen LogP) is 1.72. The van der Waals surface area contributed by atoms with Gasteiger partial charge in [-0.25, -0.2) is 0 Å². The zero-order chi connectivity index (χ0) is 12.8. The van der Waals surface area contributed by atoms with Crippen LogP contribution in [0.15, 0.2) is 18.2 Å². The van der Waals surface area contributed by atoms with Crippen molar-refractivity contribution in [3.8, 4) is 0 Å². The zero-order valence-electron chi connectivity index (χ0n) is 9.87. The van der Waals surface area contributed by atoms with Gasteiger partial charge in [0, 0.05) is 24.8 Å². The van der Waals surface area contributed by atoms with Crippen LogP contribution in [-0.2, 0) is 4.79 Å². The van der Waals surface area contributed by atoms with Gasteiger partial charge >= 0.3 is 0 Å². The fourth-order valence-corrected chi connectivity index (χ4v) is 1.63. The lowest BCUT2D eigenvalue weighted by Crippen LogP contribution is -2.34. The maximum atomic E-state index is 11.4. The Morgan fingerprint density at radius 2 is 2.24 bits per heavy atom. The maximum Gasteiger partial charge on any atom is 0.239 e. The number of aldehydes is 1. The first-order chi connectivity index (χ1) is 8.08. The van der Waals surface area contributed by atoms with E-state index in [0.29, 0.717) is 23.4 Å². The topological polar surface area (TPSA) is 49.4 Å². The number of likely N-dealkylation sites (N-methyl/N-ethyl adjacent to an activating group) is 2. The molecule has 0 aliphatic carbocycles. The molecule has 0 atom stereocenters. The van der Waals surface area contributed by atoms with Gasteiger partial charge in [0.05, 0.1) is 11.6 Å². The lowest BCUT2D eigenvalue weighted by molar-refractivity contribution is -0.119. The molecule has 0 unspecified atom stereocenters. The van der Waals surface area contributed by atoms with Gasteiger partial charge in [-0.1, -0.05) is 11.6 Å². The monoisotopic (exact) mass is 254 g/mol. The number of nitrogens with one attached hydrogen (secondary N) is 1. The van der Waals surface area contributed by atoms with Crippen molar-refractivity contribution in [1.29, 1.82) is 0 Å². The summed E-state index contributed by atoms with van der Waals surface area (Å²) in [7, 11) is 1.79. The van der Waals surface area contributed by atoms with Gasteiger partial charge in [-0.05, 0) is 25.1 Å². The Labute approximate surface area is 106 Å². The van der Waals surface area contributed by atoms with Crippen LogP contribution in [0, 0.1) is 0 Å². The van der Waals surface area contributed by atoms with E-state index >= 15 is 0 Å². The molecule has 1 rings (SSSR count). The summed E-state index contributed by atoms with van der Waals surface area (Å²) in [5.74, 6) is -0.0504. The molecule has 1 amide bonds. The molecule has 0 bridgehead atoms. The highest BCUT2D eigenvalue weighted by atomic mass is 35.5. The molecule has 0 saturated carbocycles. The molecule has 92 valence electrons. The van der Waals surface area contributed by atoms with Crippen molar-refractivity contribution in [3.05, 3.63) is 28.8 Å². The Bertz CT molecular complexity index is 421. The molecule has 0 aliphatic rings. The summed E-state index contributed by atoms with van der Waals surface area (Å²) in [6.07, 6.45) is 0.704. The Hall–Kier alpha value is -1.55. The Kier molecular flexibility index (Phi) is 4.97. The standard InChI is InChI=1S/C12H15ClN2O2/c1-3-14-12(17)7-15(2)10-5-4-9(8-16)11(13)6-10/h4-6,8H,3,7H2,1-2H3,(H,14,17). The van der Waals surface area contributed by atoms with Gasteiger partial charge < -0.3 is 10.2 Å². The molecule has 0 aliphatic heterocycles. The number of halogens is 1. The zero-order valence-corrected chi connectivity index (χ0v) is 10.6. The molecule has 0 saturated heterocycles. The van der Waals surface area contributed by atoms with Crippen molar-refractivity contribution >= 4 is 29.5 Å². The number of anilines is 1. The third-order valence-electron chi connectivity index (χ3n) is 2.31. The van der Waals surface area contributed by atoms with E-state index in [9.17, 15) is 9.59 Å². The summed E-state index contributed by atoms with van der Waals surface area (Å²) >= 11 is 5.91. The van der Waals surface area contributed by atoms with Crippen LogP contribution < -0.4 is 10.2 Å². The largest absolute Gasteiger partial charge is 0.365 e. The number of amides is 1. The van der Waals surface area contributed by atoms with Gasteiger partial charge in [0.15, 0.2) is 6.29 Å². The summed E-state index contributed by atoms with van der Waals surface area (Å²) in [5, 5.41) is 3.10. The van der Waals surface area contributed by atoms with Crippen LogP contribution in [-0.4, -0.2) is 32.3 Å². The molecule has 1 aromatic rings. The van der Waals surface area contributed by atoms with Gasteiger partial charge in [0.25, 0.3) is 0 Å². The second kappa shape index (κ2) is 6.25. The number of rotatable bonds is 5. The van der Waals surface area contributed by atoms with E-state index in [2.05, 4.69) is 5.32 Å². The van der Waals surface area contributed by atoms with Gasteiger partial charge in [-0.2, -0.15) is 0 Å². The maximum absolute atomic E-state index is 11.4. The van der Waals surface area contributed by atoms with Crippen molar-refractivity contribution in [1.82, 2.24) is 5.32 Å². The van der Waals surface area contributed by atoms with Crippen molar-refractivity contribution in [2.45, 2.75) is 6.92 Å². The average Bonchev–Trinajstić information content (AvgIpc) is 2.29. The smallest absolute Gasteiger partial charge is 0.239 e. The van der Waals surface area contributed by atoms with E-state index in [0.717, 1.165) is 5.69 Å². The van der Waals surface area contributed by atoms with Crippen LogP contribution in [0.4, 0.5) is 5.69 Å². The van der Waals surface area contributed by atoms with E-state index in [1.807, 2.05) is 6.92 Å². The molecule has 17 heavy (non-hydrogen) atoms. The minimum absolute atomic E-state index is 0.0504. The molecule has 0 fully saturated rings. The van der Waals surface area contributed by atoms with Gasteiger partial charge in [0.2, 0.25) is 5.91 Å².